The van der Waals surface area contributed by atoms with Crippen molar-refractivity contribution in [3.8, 4) is 0 Å². The van der Waals surface area contributed by atoms with Crippen molar-refractivity contribution < 1.29 is 14.7 Å². The molecule has 16 heavy (non-hydrogen) atoms. The molecule has 0 aliphatic carbocycles. The Morgan fingerprint density at radius 1 is 1.38 bits per heavy atom. The molecule has 2 atom stereocenters. The van der Waals surface area contributed by atoms with Gasteiger partial charge in [0.25, 0.3) is 0 Å². The van der Waals surface area contributed by atoms with Crippen molar-refractivity contribution in [3.63, 3.8) is 0 Å². The van der Waals surface area contributed by atoms with E-state index in [1.165, 1.54) is 0 Å². The number of aliphatic carboxylic acids is 1. The Balaban J connectivity index is 3.73. The molecule has 0 aromatic rings. The van der Waals surface area contributed by atoms with Crippen LogP contribution in [0, 0.1) is 0 Å². The smallest absolute Gasteiger partial charge is 0.303 e. The van der Waals surface area contributed by atoms with Gasteiger partial charge in [-0.2, -0.15) is 0 Å². The zero-order valence-electron chi connectivity index (χ0n) is 10.0. The van der Waals surface area contributed by atoms with Crippen LogP contribution in [-0.4, -0.2) is 29.1 Å². The minimum absolute atomic E-state index is 0.0187. The van der Waals surface area contributed by atoms with Crippen molar-refractivity contribution in [3.05, 3.63) is 0 Å². The fourth-order valence-electron chi connectivity index (χ4n) is 1.42. The highest BCUT2D eigenvalue weighted by Gasteiger charge is 2.14. The van der Waals surface area contributed by atoms with Crippen LogP contribution in [0.2, 0.25) is 0 Å². The van der Waals surface area contributed by atoms with E-state index in [1.807, 2.05) is 13.8 Å². The first kappa shape index (κ1) is 14.9. The minimum atomic E-state index is -0.804. The first-order chi connectivity index (χ1) is 7.47. The summed E-state index contributed by atoms with van der Waals surface area (Å²) in [7, 11) is 0. The molecular weight excluding hydrogens is 208 g/mol. The SMILES string of the molecule is CCCC(N)C(=O)NC(C)CCCC(=O)O. The second kappa shape index (κ2) is 8.10. The summed E-state index contributed by atoms with van der Waals surface area (Å²) < 4.78 is 0. The highest BCUT2D eigenvalue weighted by molar-refractivity contribution is 5.81. The van der Waals surface area contributed by atoms with E-state index in [-0.39, 0.29) is 18.4 Å². The predicted octanol–water partition coefficient (Wildman–Crippen LogP) is 0.873. The number of carbonyl (C=O) groups excluding carboxylic acids is 1. The normalized spacial score (nSPS) is 14.2. The van der Waals surface area contributed by atoms with Gasteiger partial charge in [0.1, 0.15) is 0 Å². The summed E-state index contributed by atoms with van der Waals surface area (Å²) in [6.45, 7) is 3.84. The zero-order chi connectivity index (χ0) is 12.6. The van der Waals surface area contributed by atoms with Crippen molar-refractivity contribution in [2.75, 3.05) is 0 Å². The van der Waals surface area contributed by atoms with E-state index in [0.29, 0.717) is 19.3 Å². The highest BCUT2D eigenvalue weighted by Crippen LogP contribution is 2.01. The number of amides is 1. The van der Waals surface area contributed by atoms with Gasteiger partial charge >= 0.3 is 5.97 Å². The summed E-state index contributed by atoms with van der Waals surface area (Å²) in [5, 5.41) is 11.2. The molecule has 0 saturated heterocycles. The van der Waals surface area contributed by atoms with E-state index in [4.69, 9.17) is 10.8 Å². The molecule has 0 bridgehead atoms. The molecule has 94 valence electrons. The minimum Gasteiger partial charge on any atom is -0.481 e. The van der Waals surface area contributed by atoms with E-state index in [0.717, 1.165) is 6.42 Å². The quantitative estimate of drug-likeness (QED) is 0.577. The third kappa shape index (κ3) is 7.23. The summed E-state index contributed by atoms with van der Waals surface area (Å²) in [4.78, 5) is 21.8. The Morgan fingerprint density at radius 2 is 2.00 bits per heavy atom. The van der Waals surface area contributed by atoms with Gasteiger partial charge in [-0.1, -0.05) is 13.3 Å². The number of carboxylic acids is 1. The second-order valence-electron chi connectivity index (χ2n) is 4.09. The van der Waals surface area contributed by atoms with Gasteiger partial charge in [0, 0.05) is 12.5 Å². The van der Waals surface area contributed by atoms with Gasteiger partial charge in [-0.25, -0.2) is 0 Å². The van der Waals surface area contributed by atoms with Crippen molar-refractivity contribution >= 4 is 11.9 Å². The molecule has 5 nitrogen and oxygen atoms in total. The zero-order valence-corrected chi connectivity index (χ0v) is 10.0. The molecule has 2 unspecified atom stereocenters. The Morgan fingerprint density at radius 3 is 2.50 bits per heavy atom. The van der Waals surface area contributed by atoms with Gasteiger partial charge < -0.3 is 16.2 Å². The van der Waals surface area contributed by atoms with Crippen molar-refractivity contribution in [2.45, 2.75) is 58.0 Å². The summed E-state index contributed by atoms with van der Waals surface area (Å²) in [5.41, 5.74) is 5.65. The molecule has 1 amide bonds. The lowest BCUT2D eigenvalue weighted by Crippen LogP contribution is -2.44. The van der Waals surface area contributed by atoms with Crippen LogP contribution in [0.3, 0.4) is 0 Å². The molecule has 4 N–H and O–H groups in total. The van der Waals surface area contributed by atoms with Crippen LogP contribution in [0.5, 0.6) is 0 Å². The second-order valence-corrected chi connectivity index (χ2v) is 4.09. The molecule has 0 aromatic carbocycles. The lowest BCUT2D eigenvalue weighted by Gasteiger charge is -2.16. The average Bonchev–Trinajstić information content (AvgIpc) is 2.17. The molecule has 0 aliphatic rings. The highest BCUT2D eigenvalue weighted by atomic mass is 16.4. The van der Waals surface area contributed by atoms with Crippen molar-refractivity contribution in [1.29, 1.82) is 0 Å². The molecular formula is C11H22N2O3. The number of nitrogens with two attached hydrogens (primary N) is 1. The van der Waals surface area contributed by atoms with Gasteiger partial charge in [-0.15, -0.1) is 0 Å². The Kier molecular flexibility index (Phi) is 7.54. The van der Waals surface area contributed by atoms with E-state index >= 15 is 0 Å². The monoisotopic (exact) mass is 230 g/mol. The largest absolute Gasteiger partial charge is 0.481 e. The van der Waals surface area contributed by atoms with E-state index < -0.39 is 12.0 Å². The summed E-state index contributed by atoms with van der Waals surface area (Å²) in [6, 6.07) is -0.471. The average molecular weight is 230 g/mol. The fourth-order valence-corrected chi connectivity index (χ4v) is 1.42. The lowest BCUT2D eigenvalue weighted by atomic mass is 10.1. The van der Waals surface area contributed by atoms with Crippen molar-refractivity contribution in [1.82, 2.24) is 5.32 Å². The van der Waals surface area contributed by atoms with Crippen LogP contribution < -0.4 is 11.1 Å². The molecule has 0 aromatic heterocycles. The van der Waals surface area contributed by atoms with Crippen LogP contribution in [0.25, 0.3) is 0 Å². The molecule has 0 heterocycles. The predicted molar refractivity (Wildman–Crippen MR) is 62.0 cm³/mol. The van der Waals surface area contributed by atoms with Crippen LogP contribution in [0.1, 0.15) is 46.0 Å². The maximum Gasteiger partial charge on any atom is 0.303 e. The molecule has 0 saturated carbocycles. The molecule has 0 radical (unpaired) electrons. The number of hydrogen-bond acceptors (Lipinski definition) is 3. The number of carboxylic acid groups (broad SMARTS) is 1. The van der Waals surface area contributed by atoms with Gasteiger partial charge in [0.05, 0.1) is 6.04 Å². The summed E-state index contributed by atoms with van der Waals surface area (Å²) in [6.07, 6.45) is 2.92. The topological polar surface area (TPSA) is 92.4 Å². The standard InChI is InChI=1S/C11H22N2O3/c1-3-5-9(12)11(16)13-8(2)6-4-7-10(14)15/h8-9H,3-7,12H2,1-2H3,(H,13,16)(H,14,15). The van der Waals surface area contributed by atoms with Crippen LogP contribution >= 0.6 is 0 Å². The van der Waals surface area contributed by atoms with E-state index in [1.54, 1.807) is 0 Å². The third-order valence-corrected chi connectivity index (χ3v) is 2.35. The number of carbonyl (C=O) groups is 2. The Bertz CT molecular complexity index is 231. The van der Waals surface area contributed by atoms with E-state index in [2.05, 4.69) is 5.32 Å². The number of hydrogen-bond donors (Lipinski definition) is 3. The van der Waals surface area contributed by atoms with Crippen LogP contribution in [-0.2, 0) is 9.59 Å². The van der Waals surface area contributed by atoms with Gasteiger partial charge in [-0.3, -0.25) is 9.59 Å². The Labute approximate surface area is 96.4 Å². The molecule has 0 rings (SSSR count). The lowest BCUT2D eigenvalue weighted by molar-refractivity contribution is -0.137. The van der Waals surface area contributed by atoms with Crippen LogP contribution in [0.4, 0.5) is 0 Å². The maximum absolute atomic E-state index is 11.5. The van der Waals surface area contributed by atoms with Crippen molar-refractivity contribution in [2.24, 2.45) is 5.73 Å². The van der Waals surface area contributed by atoms with E-state index in [9.17, 15) is 9.59 Å². The first-order valence-electron chi connectivity index (χ1n) is 5.75. The molecule has 0 spiro atoms. The summed E-state index contributed by atoms with van der Waals surface area (Å²) >= 11 is 0. The fraction of sp³-hybridized carbons (Fsp3) is 0.818. The van der Waals surface area contributed by atoms with Gasteiger partial charge in [-0.05, 0) is 26.2 Å². The summed E-state index contributed by atoms with van der Waals surface area (Å²) in [5.74, 6) is -0.953. The molecule has 0 fully saturated rings. The first-order valence-corrected chi connectivity index (χ1v) is 5.75. The Hall–Kier alpha value is -1.10. The van der Waals surface area contributed by atoms with Gasteiger partial charge in [0.15, 0.2) is 0 Å². The third-order valence-electron chi connectivity index (χ3n) is 2.35. The number of nitrogens with one attached hydrogen (secondary N) is 1. The van der Waals surface area contributed by atoms with Crippen LogP contribution in [0.15, 0.2) is 0 Å². The van der Waals surface area contributed by atoms with Gasteiger partial charge in [0.2, 0.25) is 5.91 Å². The number of rotatable bonds is 8. The molecule has 5 heteroatoms. The molecule has 0 aliphatic heterocycles. The maximum atomic E-state index is 11.5.